The maximum absolute atomic E-state index is 11.9. The Kier molecular flexibility index (Phi) is 8.67. The molecule has 202 valence electrons. The lowest BCUT2D eigenvalue weighted by molar-refractivity contribution is -0.277. The summed E-state index contributed by atoms with van der Waals surface area (Å²) in [7, 11) is 1.21. The molecule has 0 unspecified atom stereocenters. The van der Waals surface area contributed by atoms with Gasteiger partial charge in [-0.1, -0.05) is 12.2 Å². The van der Waals surface area contributed by atoms with Crippen molar-refractivity contribution in [1.82, 2.24) is 0 Å². The van der Waals surface area contributed by atoms with Crippen molar-refractivity contribution in [2.75, 3.05) is 13.7 Å². The average Bonchev–Trinajstić information content (AvgIpc) is 3.22. The van der Waals surface area contributed by atoms with E-state index in [-0.39, 0.29) is 29.6 Å². The van der Waals surface area contributed by atoms with E-state index >= 15 is 0 Å². The Balaban J connectivity index is 1.90. The zero-order valence-electron chi connectivity index (χ0n) is 20.8. The molecule has 11 nitrogen and oxygen atoms in total. The molecule has 0 aromatic heterocycles. The van der Waals surface area contributed by atoms with Crippen LogP contribution < -0.4 is 4.74 Å². The highest BCUT2D eigenvalue weighted by atomic mass is 16.7. The summed E-state index contributed by atoms with van der Waals surface area (Å²) < 4.78 is 21.9. The van der Waals surface area contributed by atoms with Gasteiger partial charge in [0.1, 0.15) is 35.9 Å². The van der Waals surface area contributed by atoms with E-state index in [1.165, 1.54) is 19.2 Å². The van der Waals surface area contributed by atoms with Gasteiger partial charge in [0, 0.05) is 11.1 Å². The highest BCUT2D eigenvalue weighted by Gasteiger charge is 2.45. The van der Waals surface area contributed by atoms with E-state index in [1.54, 1.807) is 26.0 Å². The molecule has 2 fully saturated rings. The first-order valence-corrected chi connectivity index (χ1v) is 11.8. The maximum atomic E-state index is 11.9. The van der Waals surface area contributed by atoms with Gasteiger partial charge in [0.2, 0.25) is 6.29 Å². The van der Waals surface area contributed by atoms with Crippen molar-refractivity contribution < 1.29 is 54.4 Å². The molecule has 0 saturated carbocycles. The molecular formula is C25H36O11. The van der Waals surface area contributed by atoms with E-state index in [4.69, 9.17) is 18.9 Å². The van der Waals surface area contributed by atoms with Crippen LogP contribution in [0.15, 0.2) is 18.2 Å². The molecule has 2 aliphatic rings. The van der Waals surface area contributed by atoms with Crippen LogP contribution in [-0.2, 0) is 25.4 Å². The zero-order chi connectivity index (χ0) is 26.8. The van der Waals surface area contributed by atoms with Gasteiger partial charge >= 0.3 is 5.97 Å². The molecule has 11 heteroatoms. The largest absolute Gasteiger partial charge is 0.507 e. The van der Waals surface area contributed by atoms with Crippen LogP contribution in [0.1, 0.15) is 44.7 Å². The first kappa shape index (κ1) is 28.3. The minimum Gasteiger partial charge on any atom is -0.507 e. The van der Waals surface area contributed by atoms with Gasteiger partial charge in [0.15, 0.2) is 0 Å². The second-order valence-electron chi connectivity index (χ2n) is 10.0. The van der Waals surface area contributed by atoms with Gasteiger partial charge in [-0.3, -0.25) is 4.79 Å². The van der Waals surface area contributed by atoms with Crippen molar-refractivity contribution in [3.63, 3.8) is 0 Å². The molecule has 1 aromatic rings. The Morgan fingerprint density at radius 3 is 2.50 bits per heavy atom. The van der Waals surface area contributed by atoms with E-state index in [9.17, 15) is 35.4 Å². The van der Waals surface area contributed by atoms with Crippen LogP contribution in [0.4, 0.5) is 0 Å². The molecule has 2 aliphatic heterocycles. The fourth-order valence-electron chi connectivity index (χ4n) is 4.27. The van der Waals surface area contributed by atoms with Gasteiger partial charge in [-0.15, -0.1) is 0 Å². The summed E-state index contributed by atoms with van der Waals surface area (Å²) in [5, 5.41) is 60.8. The summed E-state index contributed by atoms with van der Waals surface area (Å²) in [6, 6.07) is 2.74. The average molecular weight is 513 g/mol. The molecule has 0 spiro atoms. The predicted octanol–water partition coefficient (Wildman–Crippen LogP) is 0.00820. The molecule has 2 saturated heterocycles. The third kappa shape index (κ3) is 6.35. The second kappa shape index (κ2) is 11.0. The van der Waals surface area contributed by atoms with Crippen molar-refractivity contribution in [3.8, 4) is 11.5 Å². The van der Waals surface area contributed by atoms with Crippen LogP contribution in [0.3, 0.4) is 0 Å². The number of ether oxygens (including phenoxy) is 4. The summed E-state index contributed by atoms with van der Waals surface area (Å²) in [4.78, 5) is 11.9. The van der Waals surface area contributed by atoms with Crippen molar-refractivity contribution in [3.05, 3.63) is 29.3 Å². The first-order valence-electron chi connectivity index (χ1n) is 11.8. The quantitative estimate of drug-likeness (QED) is 0.259. The number of rotatable bonds is 8. The number of carbonyl (C=O) groups excluding carboxylic acids is 1. The number of aliphatic hydroxyl groups is 5. The summed E-state index contributed by atoms with van der Waals surface area (Å²) in [6.07, 6.45) is -3.49. The van der Waals surface area contributed by atoms with Gasteiger partial charge in [-0.2, -0.15) is 0 Å². The lowest BCUT2D eigenvalue weighted by atomic mass is 9.96. The molecule has 0 radical (unpaired) electrons. The third-order valence-corrected chi connectivity index (χ3v) is 6.58. The van der Waals surface area contributed by atoms with Gasteiger partial charge in [-0.05, 0) is 45.7 Å². The maximum Gasteiger partial charge on any atom is 0.310 e. The minimum atomic E-state index is -1.66. The molecule has 36 heavy (non-hydrogen) atoms. The Bertz CT molecular complexity index is 954. The molecule has 1 aromatic carbocycles. The van der Waals surface area contributed by atoms with E-state index in [2.05, 4.69) is 0 Å². The van der Waals surface area contributed by atoms with Crippen LogP contribution in [0.2, 0.25) is 0 Å². The summed E-state index contributed by atoms with van der Waals surface area (Å²) in [5.74, 6) is -0.721. The molecule has 2 heterocycles. The van der Waals surface area contributed by atoms with Gasteiger partial charge in [-0.25, -0.2) is 0 Å². The number of benzene rings is 1. The van der Waals surface area contributed by atoms with Gasteiger partial charge < -0.3 is 49.6 Å². The molecular weight excluding hydrogens is 476 g/mol. The van der Waals surface area contributed by atoms with Gasteiger partial charge in [0.25, 0.3) is 0 Å². The number of aliphatic hydroxyl groups excluding tert-OH is 4. The summed E-state index contributed by atoms with van der Waals surface area (Å²) in [6.45, 7) is 4.60. The topological polar surface area (TPSA) is 175 Å². The number of hydrogen-bond donors (Lipinski definition) is 6. The fraction of sp³-hybridized carbons (Fsp3) is 0.640. The van der Waals surface area contributed by atoms with Crippen LogP contribution in [-0.4, -0.2) is 98.3 Å². The standard InChI is InChI=1S/C25H36O11/c1-24(2,32)18-6-8-25(3,36-18)7-5-13-10-16(14(9-15(13)27)11-19(28)33-4)34-23-22(31)21(30)20(29)17(12-26)35-23/h5,7,9-10,17-18,20-23,26-27,29-32H,6,8,11-12H2,1-4H3/t17-,18-,20-,21+,22-,23-,25-/m1/s1. The number of aromatic hydroxyl groups is 1. The minimum absolute atomic E-state index is 0.0500. The summed E-state index contributed by atoms with van der Waals surface area (Å²) >= 11 is 0. The Morgan fingerprint density at radius 2 is 1.92 bits per heavy atom. The number of esters is 1. The molecule has 0 aliphatic carbocycles. The highest BCUT2D eigenvalue weighted by molar-refractivity contribution is 5.74. The SMILES string of the molecule is COC(=O)Cc1cc(O)c(C=C[C@]2(C)CC[C@H](C(C)(C)O)O2)cc1O[C@@H]1O[C@H](CO)[C@@H](O)[C@H](O)[C@H]1O. The molecule has 0 bridgehead atoms. The molecule has 6 N–H and O–H groups in total. The lowest BCUT2D eigenvalue weighted by Gasteiger charge is -2.39. The van der Waals surface area contributed by atoms with Crippen molar-refractivity contribution in [2.45, 2.75) is 88.0 Å². The van der Waals surface area contributed by atoms with Crippen molar-refractivity contribution in [2.24, 2.45) is 0 Å². The van der Waals surface area contributed by atoms with Crippen molar-refractivity contribution in [1.29, 1.82) is 0 Å². The highest BCUT2D eigenvalue weighted by Crippen LogP contribution is 2.38. The Morgan fingerprint density at radius 1 is 1.22 bits per heavy atom. The molecule has 7 atom stereocenters. The third-order valence-electron chi connectivity index (χ3n) is 6.58. The first-order chi connectivity index (χ1) is 16.8. The number of carbonyl (C=O) groups is 1. The van der Waals surface area contributed by atoms with E-state index in [0.29, 0.717) is 18.4 Å². The number of phenols is 1. The van der Waals surface area contributed by atoms with Crippen LogP contribution in [0.25, 0.3) is 6.08 Å². The zero-order valence-corrected chi connectivity index (χ0v) is 20.8. The van der Waals surface area contributed by atoms with Crippen LogP contribution in [0, 0.1) is 0 Å². The molecule has 3 rings (SSSR count). The number of methoxy groups -OCH3 is 1. The molecule has 0 amide bonds. The Hall–Kier alpha value is -2.25. The monoisotopic (exact) mass is 512 g/mol. The normalized spacial score (nSPS) is 33.1. The van der Waals surface area contributed by atoms with Crippen molar-refractivity contribution >= 4 is 12.0 Å². The smallest absolute Gasteiger partial charge is 0.310 e. The number of hydrogen-bond acceptors (Lipinski definition) is 11. The summed E-state index contributed by atoms with van der Waals surface area (Å²) in [5.41, 5.74) is -1.17. The predicted molar refractivity (Wildman–Crippen MR) is 126 cm³/mol. The fourth-order valence-corrected chi connectivity index (χ4v) is 4.27. The van der Waals surface area contributed by atoms with Crippen LogP contribution >= 0.6 is 0 Å². The van der Waals surface area contributed by atoms with E-state index in [1.807, 2.05) is 6.92 Å². The van der Waals surface area contributed by atoms with Crippen LogP contribution in [0.5, 0.6) is 11.5 Å². The number of phenolic OH excluding ortho intramolecular Hbond substituents is 1. The van der Waals surface area contributed by atoms with Gasteiger partial charge in [0.05, 0.1) is 37.4 Å². The lowest BCUT2D eigenvalue weighted by Crippen LogP contribution is -2.60. The van der Waals surface area contributed by atoms with E-state index < -0.39 is 54.5 Å². The Labute approximate surface area is 209 Å². The second-order valence-corrected chi connectivity index (χ2v) is 10.0. The van der Waals surface area contributed by atoms with E-state index in [0.717, 1.165) is 0 Å².